The minimum Gasteiger partial charge on any atom is -0.307 e. The molecule has 0 aliphatic heterocycles. The molecule has 0 bridgehead atoms. The Morgan fingerprint density at radius 1 is 0.595 bits per heavy atom. The van der Waals surface area contributed by atoms with Crippen molar-refractivity contribution in [2.75, 3.05) is 4.90 Å². The normalized spacial score (nSPS) is 11.4. The van der Waals surface area contributed by atoms with Gasteiger partial charge in [-0.1, -0.05) is 114 Å². The number of nitrogens with zero attached hydrogens (tertiary/aromatic N) is 1. The van der Waals surface area contributed by atoms with Crippen molar-refractivity contribution in [1.82, 2.24) is 0 Å². The number of anilines is 3. The summed E-state index contributed by atoms with van der Waals surface area (Å²) in [4.78, 5) is 2.03. The molecule has 0 saturated heterocycles. The van der Waals surface area contributed by atoms with Gasteiger partial charge < -0.3 is 4.90 Å². The van der Waals surface area contributed by atoms with E-state index in [1.165, 1.54) is 5.19 Å². The monoisotopic (exact) mass is 565 g/mol. The van der Waals surface area contributed by atoms with E-state index >= 15 is 4.39 Å². The van der Waals surface area contributed by atoms with Crippen molar-refractivity contribution < 1.29 is 4.39 Å². The number of hydrogen-bond donors (Lipinski definition) is 0. The van der Waals surface area contributed by atoms with Crippen LogP contribution in [0.5, 0.6) is 0 Å². The van der Waals surface area contributed by atoms with E-state index in [1.54, 1.807) is 6.07 Å². The zero-order chi connectivity index (χ0) is 26.0. The second-order valence-electron chi connectivity index (χ2n) is 10.2. The highest BCUT2D eigenvalue weighted by molar-refractivity contribution is 9.10. The smallest absolute Gasteiger partial charge is 0.148 e. The Bertz CT molecular complexity index is 1490. The summed E-state index contributed by atoms with van der Waals surface area (Å²) in [5.74, 6) is -0.266. The van der Waals surface area contributed by atoms with Crippen molar-refractivity contribution in [2.45, 2.75) is 19.6 Å². The highest BCUT2D eigenvalue weighted by Gasteiger charge is 2.24. The largest absolute Gasteiger partial charge is 0.307 e. The molecule has 1 nitrogen and oxygen atoms in total. The third-order valence-electron chi connectivity index (χ3n) is 6.56. The first kappa shape index (κ1) is 25.2. The molecule has 5 rings (SSSR count). The van der Waals surface area contributed by atoms with Crippen LogP contribution in [0.3, 0.4) is 0 Å². The molecule has 0 spiro atoms. The van der Waals surface area contributed by atoms with Crippen LogP contribution < -0.4 is 10.1 Å². The van der Waals surface area contributed by atoms with E-state index < -0.39 is 8.07 Å². The van der Waals surface area contributed by atoms with Crippen molar-refractivity contribution in [3.8, 4) is 22.3 Å². The van der Waals surface area contributed by atoms with Gasteiger partial charge >= 0.3 is 0 Å². The summed E-state index contributed by atoms with van der Waals surface area (Å²) in [6.07, 6.45) is 0. The van der Waals surface area contributed by atoms with Gasteiger partial charge in [0.25, 0.3) is 0 Å². The van der Waals surface area contributed by atoms with Gasteiger partial charge in [0.05, 0.1) is 13.8 Å². The van der Waals surface area contributed by atoms with Gasteiger partial charge in [0.2, 0.25) is 0 Å². The molecule has 184 valence electrons. The first-order valence-electron chi connectivity index (χ1n) is 12.4. The van der Waals surface area contributed by atoms with Gasteiger partial charge in [0.15, 0.2) is 0 Å². The molecule has 37 heavy (non-hydrogen) atoms. The fourth-order valence-corrected chi connectivity index (χ4v) is 6.00. The molecular weight excluding hydrogens is 537 g/mol. The molecular formula is C33H29BrFNSi. The molecule has 5 aromatic rings. The van der Waals surface area contributed by atoms with Crippen LogP contribution >= 0.6 is 15.9 Å². The Morgan fingerprint density at radius 2 is 1.11 bits per heavy atom. The summed E-state index contributed by atoms with van der Waals surface area (Å²) in [5, 5.41) is 1.37. The van der Waals surface area contributed by atoms with Crippen LogP contribution in [0.4, 0.5) is 21.5 Å². The fourth-order valence-electron chi connectivity index (χ4n) is 4.57. The molecule has 0 aromatic heterocycles. The van der Waals surface area contributed by atoms with Crippen molar-refractivity contribution in [3.63, 3.8) is 0 Å². The quantitative estimate of drug-likeness (QED) is 0.185. The Morgan fingerprint density at radius 3 is 1.65 bits per heavy atom. The van der Waals surface area contributed by atoms with Gasteiger partial charge in [-0.2, -0.15) is 0 Å². The summed E-state index contributed by atoms with van der Waals surface area (Å²) in [5.41, 5.74) is 6.01. The van der Waals surface area contributed by atoms with Gasteiger partial charge in [0, 0.05) is 21.4 Å². The Balaban J connectivity index is 1.77. The van der Waals surface area contributed by atoms with Crippen LogP contribution in [0.15, 0.2) is 126 Å². The maximum absolute atomic E-state index is 16.4. The van der Waals surface area contributed by atoms with Gasteiger partial charge in [0.1, 0.15) is 5.82 Å². The maximum atomic E-state index is 16.4. The zero-order valence-corrected chi connectivity index (χ0v) is 23.8. The lowest BCUT2D eigenvalue weighted by atomic mass is 9.95. The van der Waals surface area contributed by atoms with E-state index in [0.717, 1.165) is 38.1 Å². The van der Waals surface area contributed by atoms with Crippen LogP contribution in [-0.2, 0) is 0 Å². The lowest BCUT2D eigenvalue weighted by Gasteiger charge is -2.29. The minimum absolute atomic E-state index is 0.266. The van der Waals surface area contributed by atoms with Crippen LogP contribution in [0.1, 0.15) is 0 Å². The number of benzene rings is 5. The fraction of sp³-hybridized carbons (Fsp3) is 0.0909. The molecule has 5 aromatic carbocycles. The molecule has 4 heteroatoms. The topological polar surface area (TPSA) is 3.24 Å². The van der Waals surface area contributed by atoms with E-state index in [9.17, 15) is 0 Å². The number of rotatable bonds is 6. The van der Waals surface area contributed by atoms with E-state index in [-0.39, 0.29) is 5.82 Å². The molecule has 0 saturated carbocycles. The molecule has 0 heterocycles. The van der Waals surface area contributed by atoms with Crippen LogP contribution in [0, 0.1) is 5.82 Å². The zero-order valence-electron chi connectivity index (χ0n) is 21.3. The molecule has 0 N–H and O–H groups in total. The number of halogens is 2. The maximum Gasteiger partial charge on any atom is 0.148 e. The molecule has 0 aliphatic carbocycles. The lowest BCUT2D eigenvalue weighted by Crippen LogP contribution is -2.37. The summed E-state index contributed by atoms with van der Waals surface area (Å²) < 4.78 is 17.4. The molecule has 0 amide bonds. The molecule has 0 unspecified atom stereocenters. The van der Waals surface area contributed by atoms with Crippen LogP contribution in [0.2, 0.25) is 19.6 Å². The minimum atomic E-state index is -1.48. The highest BCUT2D eigenvalue weighted by Crippen LogP contribution is 2.44. The SMILES string of the molecule is C[Si](C)(C)c1ccc(N(c2ccc(Br)cc2)c2c(F)cc(-c3ccccc3)cc2-c2ccccc2)cc1. The predicted octanol–water partition coefficient (Wildman–Crippen LogP) is 9.94. The summed E-state index contributed by atoms with van der Waals surface area (Å²) >= 11 is 3.55. The molecule has 0 aliphatic rings. The summed E-state index contributed by atoms with van der Waals surface area (Å²) in [7, 11) is -1.48. The molecule has 0 fully saturated rings. The van der Waals surface area contributed by atoms with Gasteiger partial charge in [-0.15, -0.1) is 0 Å². The average molecular weight is 567 g/mol. The van der Waals surface area contributed by atoms with Crippen molar-refractivity contribution >= 4 is 46.3 Å². The summed E-state index contributed by atoms with van der Waals surface area (Å²) in [6.45, 7) is 7.01. The van der Waals surface area contributed by atoms with Crippen molar-refractivity contribution in [3.05, 3.63) is 132 Å². The average Bonchev–Trinajstić information content (AvgIpc) is 2.91. The predicted molar refractivity (Wildman–Crippen MR) is 163 cm³/mol. The van der Waals surface area contributed by atoms with Gasteiger partial charge in [-0.25, -0.2) is 4.39 Å². The second kappa shape index (κ2) is 10.5. The molecule has 0 radical (unpaired) electrons. The highest BCUT2D eigenvalue weighted by atomic mass is 79.9. The van der Waals surface area contributed by atoms with E-state index in [0.29, 0.717) is 5.69 Å². The van der Waals surface area contributed by atoms with Crippen LogP contribution in [0.25, 0.3) is 22.3 Å². The first-order valence-corrected chi connectivity index (χ1v) is 16.7. The Hall–Kier alpha value is -3.47. The Labute approximate surface area is 228 Å². The first-order chi connectivity index (χ1) is 17.8. The standard InChI is InChI=1S/C33H29BrFNSi/c1-37(2,3)30-20-18-29(19-21-30)36(28-16-14-27(34)15-17-28)33-31(25-12-8-5-9-13-25)22-26(23-32(33)35)24-10-6-4-7-11-24/h4-23H,1-3H3. The van der Waals surface area contributed by atoms with E-state index in [2.05, 4.69) is 65.9 Å². The van der Waals surface area contributed by atoms with Gasteiger partial charge in [-0.05, 0) is 65.2 Å². The third kappa shape index (κ3) is 5.46. The molecule has 0 atom stereocenters. The summed E-state index contributed by atoms with van der Waals surface area (Å²) in [6, 6.07) is 40.5. The van der Waals surface area contributed by atoms with E-state index in [4.69, 9.17) is 0 Å². The third-order valence-corrected chi connectivity index (χ3v) is 9.15. The van der Waals surface area contributed by atoms with Crippen LogP contribution in [-0.4, -0.2) is 8.07 Å². The van der Waals surface area contributed by atoms with Crippen molar-refractivity contribution in [1.29, 1.82) is 0 Å². The second-order valence-corrected chi connectivity index (χ2v) is 16.2. The lowest BCUT2D eigenvalue weighted by molar-refractivity contribution is 0.630. The van der Waals surface area contributed by atoms with Gasteiger partial charge in [-0.3, -0.25) is 0 Å². The van der Waals surface area contributed by atoms with Crippen molar-refractivity contribution in [2.24, 2.45) is 0 Å². The number of hydrogen-bond acceptors (Lipinski definition) is 1. The van der Waals surface area contributed by atoms with E-state index in [1.807, 2.05) is 89.8 Å². The Kier molecular flexibility index (Phi) is 7.14.